The van der Waals surface area contributed by atoms with Gasteiger partial charge in [-0.05, 0) is 18.6 Å². The van der Waals surface area contributed by atoms with Crippen LogP contribution in [0.15, 0.2) is 51.9 Å². The van der Waals surface area contributed by atoms with E-state index in [9.17, 15) is 4.79 Å². The monoisotopic (exact) mass is 337 g/mol. The maximum absolute atomic E-state index is 12.8. The normalized spacial score (nSPS) is 11.2. The summed E-state index contributed by atoms with van der Waals surface area (Å²) < 4.78 is 7.79. The van der Waals surface area contributed by atoms with Gasteiger partial charge in [-0.1, -0.05) is 30.3 Å². The molecule has 0 amide bonds. The van der Waals surface area contributed by atoms with Crippen LogP contribution in [0.1, 0.15) is 17.3 Å². The summed E-state index contributed by atoms with van der Waals surface area (Å²) in [5, 5.41) is 0. The smallest absolute Gasteiger partial charge is 0.271 e. The van der Waals surface area contributed by atoms with Gasteiger partial charge >= 0.3 is 0 Å². The molecule has 0 aliphatic heterocycles. The van der Waals surface area contributed by atoms with E-state index in [1.807, 2.05) is 43.3 Å². The summed E-state index contributed by atoms with van der Waals surface area (Å²) in [6.45, 7) is 4.01. The largest absolute Gasteiger partial charge is 0.444 e. The van der Waals surface area contributed by atoms with Crippen LogP contribution in [0.5, 0.6) is 0 Å². The summed E-state index contributed by atoms with van der Waals surface area (Å²) in [6, 6.07) is 12.0. The Kier molecular flexibility index (Phi) is 3.54. The van der Waals surface area contributed by atoms with Crippen molar-refractivity contribution in [3.05, 3.63) is 70.4 Å². The Bertz CT molecular complexity index is 1080. The number of oxazole rings is 1. The van der Waals surface area contributed by atoms with Gasteiger partial charge in [-0.2, -0.15) is 0 Å². The van der Waals surface area contributed by atoms with Gasteiger partial charge in [0.2, 0.25) is 0 Å². The van der Waals surface area contributed by atoms with Gasteiger partial charge in [-0.25, -0.2) is 9.97 Å². The van der Waals surface area contributed by atoms with Crippen LogP contribution in [0, 0.1) is 13.8 Å². The fourth-order valence-electron chi connectivity index (χ4n) is 2.68. The SMILES string of the molecule is Cc1nc(C)c(Cn2cnc3cc(-c4ccccc4)sc3c2=O)o1. The van der Waals surface area contributed by atoms with Gasteiger partial charge in [0.1, 0.15) is 10.5 Å². The quantitative estimate of drug-likeness (QED) is 0.571. The zero-order chi connectivity index (χ0) is 16.7. The molecule has 0 saturated heterocycles. The third kappa shape index (κ3) is 2.55. The molecule has 5 nitrogen and oxygen atoms in total. The van der Waals surface area contributed by atoms with Gasteiger partial charge in [0.15, 0.2) is 5.89 Å². The Morgan fingerprint density at radius 3 is 2.71 bits per heavy atom. The number of hydrogen-bond donors (Lipinski definition) is 0. The molecule has 0 radical (unpaired) electrons. The number of aromatic nitrogens is 3. The van der Waals surface area contributed by atoms with Crippen LogP contribution >= 0.6 is 11.3 Å². The molecule has 0 aliphatic carbocycles. The Morgan fingerprint density at radius 2 is 2.00 bits per heavy atom. The first-order valence-electron chi connectivity index (χ1n) is 7.59. The first kappa shape index (κ1) is 14.8. The van der Waals surface area contributed by atoms with Crippen LogP contribution in [-0.4, -0.2) is 14.5 Å². The van der Waals surface area contributed by atoms with E-state index < -0.39 is 0 Å². The minimum atomic E-state index is -0.0550. The maximum atomic E-state index is 12.8. The first-order valence-corrected chi connectivity index (χ1v) is 8.41. The zero-order valence-electron chi connectivity index (χ0n) is 13.3. The number of nitrogens with zero attached hydrogens (tertiary/aromatic N) is 3. The van der Waals surface area contributed by atoms with Gasteiger partial charge < -0.3 is 4.42 Å². The van der Waals surface area contributed by atoms with Gasteiger partial charge in [0, 0.05) is 11.8 Å². The molecule has 0 bridgehead atoms. The van der Waals surface area contributed by atoms with Crippen LogP contribution in [0.3, 0.4) is 0 Å². The summed E-state index contributed by atoms with van der Waals surface area (Å²) in [4.78, 5) is 22.5. The second-order valence-corrected chi connectivity index (χ2v) is 6.66. The third-order valence-electron chi connectivity index (χ3n) is 3.88. The van der Waals surface area contributed by atoms with Gasteiger partial charge in [-0.3, -0.25) is 9.36 Å². The number of aryl methyl sites for hydroxylation is 2. The summed E-state index contributed by atoms with van der Waals surface area (Å²) in [5.74, 6) is 1.29. The molecule has 120 valence electrons. The van der Waals surface area contributed by atoms with Crippen molar-refractivity contribution in [1.82, 2.24) is 14.5 Å². The molecule has 3 aromatic heterocycles. The third-order valence-corrected chi connectivity index (χ3v) is 5.04. The van der Waals surface area contributed by atoms with Crippen molar-refractivity contribution in [2.24, 2.45) is 0 Å². The molecular weight excluding hydrogens is 322 g/mol. The predicted octanol–water partition coefficient (Wildman–Crippen LogP) is 3.78. The lowest BCUT2D eigenvalue weighted by Gasteiger charge is -2.02. The van der Waals surface area contributed by atoms with Gasteiger partial charge in [-0.15, -0.1) is 11.3 Å². The fourth-order valence-corrected chi connectivity index (χ4v) is 3.74. The first-order chi connectivity index (χ1) is 11.6. The minimum Gasteiger partial charge on any atom is -0.444 e. The van der Waals surface area contributed by atoms with Crippen molar-refractivity contribution < 1.29 is 4.42 Å². The highest BCUT2D eigenvalue weighted by atomic mass is 32.1. The average Bonchev–Trinajstić information content (AvgIpc) is 3.15. The summed E-state index contributed by atoms with van der Waals surface area (Å²) >= 11 is 1.47. The summed E-state index contributed by atoms with van der Waals surface area (Å²) in [5.41, 5.74) is 2.56. The van der Waals surface area contributed by atoms with Crippen LogP contribution in [0.4, 0.5) is 0 Å². The molecule has 0 saturated carbocycles. The lowest BCUT2D eigenvalue weighted by atomic mass is 10.2. The van der Waals surface area contributed by atoms with Crippen molar-refractivity contribution in [1.29, 1.82) is 0 Å². The maximum Gasteiger partial charge on any atom is 0.271 e. The van der Waals surface area contributed by atoms with Gasteiger partial charge in [0.25, 0.3) is 5.56 Å². The molecule has 0 unspecified atom stereocenters. The van der Waals surface area contributed by atoms with E-state index in [4.69, 9.17) is 4.42 Å². The fraction of sp³-hybridized carbons (Fsp3) is 0.167. The molecule has 6 heteroatoms. The summed E-state index contributed by atoms with van der Waals surface area (Å²) in [7, 11) is 0. The summed E-state index contributed by atoms with van der Waals surface area (Å²) in [6.07, 6.45) is 1.57. The highest BCUT2D eigenvalue weighted by Gasteiger charge is 2.13. The second kappa shape index (κ2) is 5.72. The van der Waals surface area contributed by atoms with E-state index in [0.717, 1.165) is 21.7 Å². The highest BCUT2D eigenvalue weighted by Crippen LogP contribution is 2.30. The molecule has 0 fully saturated rings. The van der Waals surface area contributed by atoms with E-state index in [0.29, 0.717) is 22.9 Å². The van der Waals surface area contributed by atoms with Crippen molar-refractivity contribution in [3.63, 3.8) is 0 Å². The van der Waals surface area contributed by atoms with E-state index in [1.54, 1.807) is 17.8 Å². The van der Waals surface area contributed by atoms with Crippen LogP contribution in [0.25, 0.3) is 20.7 Å². The standard InChI is InChI=1S/C18H15N3O2S/c1-11-15(23-12(2)20-11)9-21-10-19-14-8-16(24-17(14)18(21)22)13-6-4-3-5-7-13/h3-8,10H,9H2,1-2H3. The van der Waals surface area contributed by atoms with E-state index in [-0.39, 0.29) is 5.56 Å². The van der Waals surface area contributed by atoms with E-state index >= 15 is 0 Å². The Morgan fingerprint density at radius 1 is 1.21 bits per heavy atom. The molecule has 1 aromatic carbocycles. The van der Waals surface area contributed by atoms with Crippen LogP contribution in [-0.2, 0) is 6.54 Å². The number of rotatable bonds is 3. The zero-order valence-corrected chi connectivity index (χ0v) is 14.1. The number of benzene rings is 1. The van der Waals surface area contributed by atoms with Crippen molar-refractivity contribution in [2.45, 2.75) is 20.4 Å². The highest BCUT2D eigenvalue weighted by molar-refractivity contribution is 7.22. The van der Waals surface area contributed by atoms with Crippen LogP contribution in [0.2, 0.25) is 0 Å². The number of thiophene rings is 1. The van der Waals surface area contributed by atoms with E-state index in [2.05, 4.69) is 9.97 Å². The van der Waals surface area contributed by atoms with Crippen molar-refractivity contribution in [2.75, 3.05) is 0 Å². The number of hydrogen-bond acceptors (Lipinski definition) is 5. The van der Waals surface area contributed by atoms with E-state index in [1.165, 1.54) is 11.3 Å². The predicted molar refractivity (Wildman–Crippen MR) is 94.4 cm³/mol. The molecule has 0 aliphatic rings. The minimum absolute atomic E-state index is 0.0550. The molecule has 3 heterocycles. The van der Waals surface area contributed by atoms with Gasteiger partial charge in [0.05, 0.1) is 24.1 Å². The molecule has 0 spiro atoms. The molecule has 0 atom stereocenters. The molecular formula is C18H15N3O2S. The molecule has 4 aromatic rings. The van der Waals surface area contributed by atoms with Crippen molar-refractivity contribution >= 4 is 21.6 Å². The number of fused-ring (bicyclic) bond motifs is 1. The lowest BCUT2D eigenvalue weighted by molar-refractivity contribution is 0.458. The average molecular weight is 337 g/mol. The lowest BCUT2D eigenvalue weighted by Crippen LogP contribution is -2.20. The molecule has 4 rings (SSSR count). The molecule has 0 N–H and O–H groups in total. The van der Waals surface area contributed by atoms with Crippen molar-refractivity contribution in [3.8, 4) is 10.4 Å². The Labute approximate surface area is 142 Å². The topological polar surface area (TPSA) is 60.9 Å². The Hall–Kier alpha value is -2.73. The second-order valence-electron chi connectivity index (χ2n) is 5.61. The van der Waals surface area contributed by atoms with Crippen LogP contribution < -0.4 is 5.56 Å². The molecule has 24 heavy (non-hydrogen) atoms. The Balaban J connectivity index is 1.78.